The molecule has 1 aromatic rings. The third-order valence-corrected chi connectivity index (χ3v) is 5.79. The summed E-state index contributed by atoms with van der Waals surface area (Å²) < 4.78 is 11.5. The van der Waals surface area contributed by atoms with E-state index < -0.39 is 0 Å². The number of aromatic nitrogens is 1. The van der Waals surface area contributed by atoms with Gasteiger partial charge in [-0.1, -0.05) is 0 Å². The van der Waals surface area contributed by atoms with Crippen molar-refractivity contribution in [2.75, 3.05) is 7.11 Å². The molecule has 3 rings (SSSR count). The lowest BCUT2D eigenvalue weighted by Gasteiger charge is -2.34. The van der Waals surface area contributed by atoms with Crippen LogP contribution in [-0.2, 0) is 9.53 Å². The second kappa shape index (κ2) is 8.82. The van der Waals surface area contributed by atoms with E-state index in [1.807, 2.05) is 19.1 Å². The van der Waals surface area contributed by atoms with Gasteiger partial charge in [-0.3, -0.25) is 9.78 Å². The van der Waals surface area contributed by atoms with Gasteiger partial charge in [0.05, 0.1) is 17.9 Å². The van der Waals surface area contributed by atoms with Crippen LogP contribution in [0, 0.1) is 12.8 Å². The van der Waals surface area contributed by atoms with Gasteiger partial charge in [0.25, 0.3) is 0 Å². The van der Waals surface area contributed by atoms with Crippen LogP contribution in [0.25, 0.3) is 0 Å². The van der Waals surface area contributed by atoms with E-state index in [9.17, 15) is 4.79 Å². The molecule has 1 amide bonds. The molecule has 0 radical (unpaired) electrons. The number of rotatable bonds is 5. The van der Waals surface area contributed by atoms with Crippen LogP contribution in [0.5, 0.6) is 5.75 Å². The summed E-state index contributed by atoms with van der Waals surface area (Å²) in [5.41, 5.74) is 6.97. The molecule has 1 aromatic heterocycles. The topological polar surface area (TPSA) is 86.5 Å². The van der Waals surface area contributed by atoms with Crippen molar-refractivity contribution in [3.63, 3.8) is 0 Å². The normalized spacial score (nSPS) is 32.0. The Labute approximate surface area is 155 Å². The van der Waals surface area contributed by atoms with Crippen molar-refractivity contribution in [3.05, 3.63) is 24.0 Å². The quantitative estimate of drug-likeness (QED) is 0.841. The molecule has 1 heterocycles. The largest absolute Gasteiger partial charge is 0.489 e. The van der Waals surface area contributed by atoms with Crippen molar-refractivity contribution < 1.29 is 14.3 Å². The van der Waals surface area contributed by atoms with Crippen LogP contribution in [0.3, 0.4) is 0 Å². The second-order valence-corrected chi connectivity index (χ2v) is 7.64. The van der Waals surface area contributed by atoms with Gasteiger partial charge >= 0.3 is 0 Å². The molecule has 6 nitrogen and oxygen atoms in total. The van der Waals surface area contributed by atoms with Crippen LogP contribution in [0.1, 0.15) is 50.6 Å². The van der Waals surface area contributed by atoms with Gasteiger partial charge in [0.2, 0.25) is 5.91 Å². The summed E-state index contributed by atoms with van der Waals surface area (Å²) >= 11 is 0. The Hall–Kier alpha value is -1.66. The number of hydrogen-bond acceptors (Lipinski definition) is 5. The summed E-state index contributed by atoms with van der Waals surface area (Å²) in [6.07, 6.45) is 8.22. The predicted octanol–water partition coefficient (Wildman–Crippen LogP) is 2.34. The molecule has 6 heteroatoms. The lowest BCUT2D eigenvalue weighted by atomic mass is 9.83. The van der Waals surface area contributed by atoms with Crippen molar-refractivity contribution in [1.82, 2.24) is 10.3 Å². The Bertz CT molecular complexity index is 602. The Morgan fingerprint density at radius 3 is 2.69 bits per heavy atom. The van der Waals surface area contributed by atoms with Crippen LogP contribution in [0.4, 0.5) is 0 Å². The number of carbonyl (C=O) groups excluding carboxylic acids is 1. The van der Waals surface area contributed by atoms with Gasteiger partial charge < -0.3 is 20.5 Å². The first kappa shape index (κ1) is 19.1. The van der Waals surface area contributed by atoms with E-state index in [4.69, 9.17) is 15.2 Å². The maximum Gasteiger partial charge on any atom is 0.223 e. The number of nitrogens with zero attached hydrogens (tertiary/aromatic N) is 1. The number of methoxy groups -OCH3 is 1. The van der Waals surface area contributed by atoms with Crippen LogP contribution >= 0.6 is 0 Å². The van der Waals surface area contributed by atoms with E-state index in [0.29, 0.717) is 0 Å². The van der Waals surface area contributed by atoms with Crippen LogP contribution in [-0.4, -0.2) is 42.3 Å². The fourth-order valence-corrected chi connectivity index (χ4v) is 4.08. The molecule has 26 heavy (non-hydrogen) atoms. The first-order valence-corrected chi connectivity index (χ1v) is 9.74. The third kappa shape index (κ3) is 4.74. The van der Waals surface area contributed by atoms with E-state index in [1.54, 1.807) is 13.3 Å². The Kier molecular flexibility index (Phi) is 6.48. The zero-order chi connectivity index (χ0) is 18.5. The molecule has 0 spiro atoms. The van der Waals surface area contributed by atoms with E-state index in [0.717, 1.165) is 56.4 Å². The SMILES string of the molecule is CO[C@H]1C[C@@H](C(=O)NC2CCC(Oc3cccnc3C)CC2)CC[C@@H]1N. The Morgan fingerprint density at radius 1 is 1.23 bits per heavy atom. The summed E-state index contributed by atoms with van der Waals surface area (Å²) in [6.45, 7) is 1.96. The first-order valence-electron chi connectivity index (χ1n) is 9.74. The van der Waals surface area contributed by atoms with Crippen LogP contribution in [0.15, 0.2) is 18.3 Å². The number of nitrogens with two attached hydrogens (primary N) is 1. The number of ether oxygens (including phenoxy) is 2. The van der Waals surface area contributed by atoms with Crippen LogP contribution < -0.4 is 15.8 Å². The number of hydrogen-bond donors (Lipinski definition) is 2. The number of carbonyl (C=O) groups is 1. The fraction of sp³-hybridized carbons (Fsp3) is 0.700. The lowest BCUT2D eigenvalue weighted by Crippen LogP contribution is -2.48. The first-order chi connectivity index (χ1) is 12.6. The summed E-state index contributed by atoms with van der Waals surface area (Å²) in [7, 11) is 1.68. The molecule has 0 bridgehead atoms. The van der Waals surface area contributed by atoms with Gasteiger partial charge in [-0.05, 0) is 64.0 Å². The van der Waals surface area contributed by atoms with Gasteiger partial charge in [0.15, 0.2) is 0 Å². The maximum absolute atomic E-state index is 12.6. The summed E-state index contributed by atoms with van der Waals surface area (Å²) in [5, 5.41) is 3.24. The number of nitrogens with one attached hydrogen (secondary N) is 1. The maximum atomic E-state index is 12.6. The van der Waals surface area contributed by atoms with E-state index in [2.05, 4.69) is 10.3 Å². The van der Waals surface area contributed by atoms with Gasteiger partial charge in [-0.2, -0.15) is 0 Å². The molecule has 2 saturated carbocycles. The highest BCUT2D eigenvalue weighted by atomic mass is 16.5. The molecule has 2 fully saturated rings. The fourth-order valence-electron chi connectivity index (χ4n) is 4.08. The van der Waals surface area contributed by atoms with Gasteiger partial charge in [0, 0.05) is 31.3 Å². The Balaban J connectivity index is 1.44. The second-order valence-electron chi connectivity index (χ2n) is 7.64. The highest BCUT2D eigenvalue weighted by Gasteiger charge is 2.33. The lowest BCUT2D eigenvalue weighted by molar-refractivity contribution is -0.128. The zero-order valence-corrected chi connectivity index (χ0v) is 15.8. The molecular formula is C20H31N3O3. The number of amides is 1. The molecule has 144 valence electrons. The highest BCUT2D eigenvalue weighted by molar-refractivity contribution is 5.79. The van der Waals surface area contributed by atoms with Crippen molar-refractivity contribution in [1.29, 1.82) is 0 Å². The molecule has 0 saturated heterocycles. The zero-order valence-electron chi connectivity index (χ0n) is 15.8. The Morgan fingerprint density at radius 2 is 2.00 bits per heavy atom. The van der Waals surface area contributed by atoms with E-state index in [1.165, 1.54) is 0 Å². The predicted molar refractivity (Wildman–Crippen MR) is 99.9 cm³/mol. The van der Waals surface area contributed by atoms with E-state index in [-0.39, 0.29) is 36.1 Å². The van der Waals surface area contributed by atoms with Crippen molar-refractivity contribution in [2.45, 2.75) is 76.2 Å². The monoisotopic (exact) mass is 361 g/mol. The molecule has 0 aromatic carbocycles. The summed E-state index contributed by atoms with van der Waals surface area (Å²) in [5.74, 6) is 1.04. The van der Waals surface area contributed by atoms with Crippen molar-refractivity contribution >= 4 is 5.91 Å². The molecule has 0 aliphatic heterocycles. The van der Waals surface area contributed by atoms with Crippen molar-refractivity contribution in [2.24, 2.45) is 11.7 Å². The van der Waals surface area contributed by atoms with Gasteiger partial charge in [-0.15, -0.1) is 0 Å². The minimum atomic E-state index is -0.00800. The van der Waals surface area contributed by atoms with E-state index >= 15 is 0 Å². The van der Waals surface area contributed by atoms with Crippen LogP contribution in [0.2, 0.25) is 0 Å². The number of pyridine rings is 1. The third-order valence-electron chi connectivity index (χ3n) is 5.79. The minimum absolute atomic E-state index is 0.00800. The summed E-state index contributed by atoms with van der Waals surface area (Å²) in [6, 6.07) is 4.16. The smallest absolute Gasteiger partial charge is 0.223 e. The molecule has 2 aliphatic carbocycles. The minimum Gasteiger partial charge on any atom is -0.489 e. The average Bonchev–Trinajstić information content (AvgIpc) is 2.65. The summed E-state index contributed by atoms with van der Waals surface area (Å²) in [4.78, 5) is 16.9. The molecular weight excluding hydrogens is 330 g/mol. The molecule has 3 N–H and O–H groups in total. The van der Waals surface area contributed by atoms with Crippen molar-refractivity contribution in [3.8, 4) is 5.75 Å². The number of aryl methyl sites for hydroxylation is 1. The average molecular weight is 361 g/mol. The molecule has 3 atom stereocenters. The standard InChI is InChI=1S/C20H31N3O3/c1-13-18(4-3-11-22-13)26-16-8-6-15(7-9-16)23-20(24)14-5-10-17(21)19(12-14)25-2/h3-4,11,14-17,19H,5-10,12,21H2,1-2H3,(H,23,24)/t14-,15?,16?,17-,19-/m0/s1. The molecule has 0 unspecified atom stereocenters. The molecule has 2 aliphatic rings. The highest BCUT2D eigenvalue weighted by Crippen LogP contribution is 2.28. The van der Waals surface area contributed by atoms with Gasteiger partial charge in [0.1, 0.15) is 5.75 Å². The van der Waals surface area contributed by atoms with Gasteiger partial charge in [-0.25, -0.2) is 0 Å².